The molecule has 13 heavy (non-hydrogen) atoms. The van der Waals surface area contributed by atoms with E-state index in [9.17, 15) is 0 Å². The van der Waals surface area contributed by atoms with E-state index in [0.717, 1.165) is 31.3 Å². The molecule has 0 radical (unpaired) electrons. The monoisotopic (exact) mass is 185 g/mol. The molecule has 0 aromatic rings. The van der Waals surface area contributed by atoms with Gasteiger partial charge in [0.25, 0.3) is 0 Å². The molecule has 78 valence electrons. The van der Waals surface area contributed by atoms with Crippen molar-refractivity contribution >= 4 is 0 Å². The molecule has 0 heterocycles. The fourth-order valence-corrected chi connectivity index (χ4v) is 1.69. The normalized spacial score (nSPS) is 18.9. The van der Waals surface area contributed by atoms with Crippen LogP contribution in [0.5, 0.6) is 0 Å². The van der Waals surface area contributed by atoms with E-state index in [1.54, 1.807) is 0 Å². The Morgan fingerprint density at radius 2 is 2.15 bits per heavy atom. The van der Waals surface area contributed by atoms with E-state index < -0.39 is 0 Å². The molecule has 0 aromatic carbocycles. The summed E-state index contributed by atoms with van der Waals surface area (Å²) in [6.45, 7) is 3.67. The molecule has 2 heteroatoms. The van der Waals surface area contributed by atoms with Gasteiger partial charge in [-0.15, -0.1) is 0 Å². The molecule has 1 unspecified atom stereocenters. The first-order chi connectivity index (χ1) is 6.36. The van der Waals surface area contributed by atoms with Gasteiger partial charge in [0.15, 0.2) is 0 Å². The summed E-state index contributed by atoms with van der Waals surface area (Å²) in [5.74, 6) is 1.02. The average molecular weight is 185 g/mol. The van der Waals surface area contributed by atoms with Crippen LogP contribution < -0.4 is 5.32 Å². The van der Waals surface area contributed by atoms with Gasteiger partial charge in [-0.2, -0.15) is 0 Å². The maximum atomic E-state index is 8.62. The Balaban J connectivity index is 1.94. The van der Waals surface area contributed by atoms with E-state index >= 15 is 0 Å². The van der Waals surface area contributed by atoms with Crippen molar-refractivity contribution in [3.63, 3.8) is 0 Å². The summed E-state index contributed by atoms with van der Waals surface area (Å²) in [4.78, 5) is 0. The molecule has 1 saturated carbocycles. The highest BCUT2D eigenvalue weighted by molar-refractivity contribution is 4.79. The fraction of sp³-hybridized carbons (Fsp3) is 1.00. The van der Waals surface area contributed by atoms with E-state index in [2.05, 4.69) is 12.2 Å². The molecule has 0 spiro atoms. The summed E-state index contributed by atoms with van der Waals surface area (Å²) in [5, 5.41) is 12.2. The Morgan fingerprint density at radius 1 is 1.38 bits per heavy atom. The van der Waals surface area contributed by atoms with Crippen LogP contribution in [0.15, 0.2) is 0 Å². The van der Waals surface area contributed by atoms with Gasteiger partial charge in [0.2, 0.25) is 0 Å². The zero-order chi connectivity index (χ0) is 9.52. The summed E-state index contributed by atoms with van der Waals surface area (Å²) < 4.78 is 0. The van der Waals surface area contributed by atoms with Gasteiger partial charge in [0, 0.05) is 12.6 Å². The second kappa shape index (κ2) is 6.39. The number of rotatable bonds is 8. The smallest absolute Gasteiger partial charge is 0.0431 e. The first-order valence-corrected chi connectivity index (χ1v) is 5.71. The van der Waals surface area contributed by atoms with Crippen LogP contribution in [0.25, 0.3) is 0 Å². The molecule has 2 N–H and O–H groups in total. The lowest BCUT2D eigenvalue weighted by Crippen LogP contribution is -2.29. The van der Waals surface area contributed by atoms with Gasteiger partial charge in [-0.3, -0.25) is 0 Å². The molecule has 0 bridgehead atoms. The summed E-state index contributed by atoms with van der Waals surface area (Å²) in [5.41, 5.74) is 0. The van der Waals surface area contributed by atoms with Crippen molar-refractivity contribution in [2.24, 2.45) is 5.92 Å². The van der Waals surface area contributed by atoms with Crippen molar-refractivity contribution in [3.05, 3.63) is 0 Å². The molecule has 1 atom stereocenters. The molecular weight excluding hydrogens is 162 g/mol. The summed E-state index contributed by atoms with van der Waals surface area (Å²) >= 11 is 0. The lowest BCUT2D eigenvalue weighted by Gasteiger charge is -2.16. The fourth-order valence-electron chi connectivity index (χ4n) is 1.69. The van der Waals surface area contributed by atoms with E-state index in [-0.39, 0.29) is 0 Å². The minimum atomic E-state index is 0.334. The van der Waals surface area contributed by atoms with Crippen molar-refractivity contribution in [3.8, 4) is 0 Å². The van der Waals surface area contributed by atoms with Crippen molar-refractivity contribution in [1.29, 1.82) is 0 Å². The SMILES string of the molecule is CCC(CC1CC1)NCCCCO. The predicted molar refractivity (Wildman–Crippen MR) is 55.7 cm³/mol. The van der Waals surface area contributed by atoms with Crippen LogP contribution in [0.3, 0.4) is 0 Å². The van der Waals surface area contributed by atoms with Crippen LogP contribution in [-0.2, 0) is 0 Å². The zero-order valence-electron chi connectivity index (χ0n) is 8.76. The summed E-state index contributed by atoms with van der Waals surface area (Å²) in [6, 6.07) is 0.728. The number of aliphatic hydroxyl groups is 1. The maximum absolute atomic E-state index is 8.62. The standard InChI is InChI=1S/C11H23NO/c1-2-11(9-10-5-6-10)12-7-3-4-8-13/h10-13H,2-9H2,1H3. The summed E-state index contributed by atoms with van der Waals surface area (Å²) in [7, 11) is 0. The van der Waals surface area contributed by atoms with Gasteiger partial charge in [0.1, 0.15) is 0 Å². The molecule has 1 aliphatic carbocycles. The lowest BCUT2D eigenvalue weighted by molar-refractivity contribution is 0.281. The molecule has 0 saturated heterocycles. The Morgan fingerprint density at radius 3 is 2.69 bits per heavy atom. The second-order valence-electron chi connectivity index (χ2n) is 4.17. The van der Waals surface area contributed by atoms with Crippen molar-refractivity contribution in [2.45, 2.75) is 51.5 Å². The minimum absolute atomic E-state index is 0.334. The van der Waals surface area contributed by atoms with E-state index in [4.69, 9.17) is 5.11 Å². The van der Waals surface area contributed by atoms with Crippen LogP contribution >= 0.6 is 0 Å². The molecule has 1 aliphatic rings. The van der Waals surface area contributed by atoms with Crippen LogP contribution in [0.4, 0.5) is 0 Å². The Bertz CT molecular complexity index is 123. The maximum Gasteiger partial charge on any atom is 0.0431 e. The van der Waals surface area contributed by atoms with Gasteiger partial charge < -0.3 is 10.4 Å². The number of unbranched alkanes of at least 4 members (excludes halogenated alkanes) is 1. The number of nitrogens with one attached hydrogen (secondary N) is 1. The van der Waals surface area contributed by atoms with Gasteiger partial charge in [0.05, 0.1) is 0 Å². The lowest BCUT2D eigenvalue weighted by atomic mass is 10.1. The van der Waals surface area contributed by atoms with Crippen LogP contribution in [0.2, 0.25) is 0 Å². The molecule has 2 nitrogen and oxygen atoms in total. The van der Waals surface area contributed by atoms with Gasteiger partial charge in [-0.1, -0.05) is 19.8 Å². The molecule has 1 fully saturated rings. The Kier molecular flexibility index (Phi) is 5.40. The van der Waals surface area contributed by atoms with Crippen molar-refractivity contribution < 1.29 is 5.11 Å². The first-order valence-electron chi connectivity index (χ1n) is 5.71. The quantitative estimate of drug-likeness (QED) is 0.566. The number of hydrogen-bond acceptors (Lipinski definition) is 2. The first kappa shape index (κ1) is 11.0. The van der Waals surface area contributed by atoms with Crippen molar-refractivity contribution in [2.75, 3.05) is 13.2 Å². The van der Waals surface area contributed by atoms with Crippen LogP contribution in [0, 0.1) is 5.92 Å². The highest BCUT2D eigenvalue weighted by Crippen LogP contribution is 2.33. The Hall–Kier alpha value is -0.0800. The highest BCUT2D eigenvalue weighted by atomic mass is 16.2. The average Bonchev–Trinajstić information content (AvgIpc) is 2.94. The third kappa shape index (κ3) is 5.27. The predicted octanol–water partition coefficient (Wildman–Crippen LogP) is 1.93. The van der Waals surface area contributed by atoms with E-state index in [1.807, 2.05) is 0 Å². The Labute approximate surface area is 81.7 Å². The topological polar surface area (TPSA) is 32.3 Å². The summed E-state index contributed by atoms with van der Waals surface area (Å²) in [6.07, 6.45) is 7.57. The third-order valence-corrected chi connectivity index (χ3v) is 2.83. The van der Waals surface area contributed by atoms with E-state index in [0.29, 0.717) is 6.61 Å². The second-order valence-corrected chi connectivity index (χ2v) is 4.17. The van der Waals surface area contributed by atoms with Gasteiger partial charge in [-0.25, -0.2) is 0 Å². The van der Waals surface area contributed by atoms with Crippen LogP contribution in [-0.4, -0.2) is 24.3 Å². The van der Waals surface area contributed by atoms with E-state index in [1.165, 1.54) is 25.7 Å². The number of hydrogen-bond donors (Lipinski definition) is 2. The van der Waals surface area contributed by atoms with Crippen molar-refractivity contribution in [1.82, 2.24) is 5.32 Å². The molecular formula is C11H23NO. The molecule has 0 aliphatic heterocycles. The van der Waals surface area contributed by atoms with Crippen LogP contribution in [0.1, 0.15) is 45.4 Å². The van der Waals surface area contributed by atoms with Gasteiger partial charge in [-0.05, 0) is 38.1 Å². The zero-order valence-corrected chi connectivity index (χ0v) is 8.76. The van der Waals surface area contributed by atoms with Gasteiger partial charge >= 0.3 is 0 Å². The molecule has 0 amide bonds. The molecule has 0 aromatic heterocycles. The third-order valence-electron chi connectivity index (χ3n) is 2.83. The highest BCUT2D eigenvalue weighted by Gasteiger charge is 2.24. The largest absolute Gasteiger partial charge is 0.396 e. The minimum Gasteiger partial charge on any atom is -0.396 e. The molecule has 1 rings (SSSR count). The number of aliphatic hydroxyl groups excluding tert-OH is 1.